The zero-order valence-corrected chi connectivity index (χ0v) is 20.3. The van der Waals surface area contributed by atoms with Gasteiger partial charge in [0.15, 0.2) is 5.96 Å². The van der Waals surface area contributed by atoms with E-state index in [1.165, 1.54) is 4.88 Å². The molecule has 0 amide bonds. The molecular weight excluding hydrogens is 499 g/mol. The molecule has 0 saturated carbocycles. The average Bonchev–Trinajstić information content (AvgIpc) is 3.37. The summed E-state index contributed by atoms with van der Waals surface area (Å²) < 4.78 is 11.2. The first-order chi connectivity index (χ1) is 13.8. The zero-order chi connectivity index (χ0) is 19.6. The van der Waals surface area contributed by atoms with Crippen molar-refractivity contribution in [2.45, 2.75) is 38.8 Å². The van der Waals surface area contributed by atoms with Gasteiger partial charge in [0.1, 0.15) is 5.01 Å². The SMILES string of the molecule is CN=C(NCCCOCC1CCCO1)NCc1sc(-c2ccccc2)nc1C.I. The topological polar surface area (TPSA) is 67.8 Å². The maximum absolute atomic E-state index is 5.69. The van der Waals surface area contributed by atoms with Crippen LogP contribution in [0.4, 0.5) is 0 Å². The zero-order valence-electron chi connectivity index (χ0n) is 17.1. The van der Waals surface area contributed by atoms with E-state index < -0.39 is 0 Å². The van der Waals surface area contributed by atoms with Crippen LogP contribution < -0.4 is 10.6 Å². The number of benzene rings is 1. The molecule has 6 nitrogen and oxygen atoms in total. The number of hydrogen-bond acceptors (Lipinski definition) is 5. The van der Waals surface area contributed by atoms with Gasteiger partial charge in [0.05, 0.1) is 24.9 Å². The maximum atomic E-state index is 5.69. The molecule has 3 rings (SSSR count). The first-order valence-corrected chi connectivity index (χ1v) is 10.7. The highest BCUT2D eigenvalue weighted by Crippen LogP contribution is 2.27. The van der Waals surface area contributed by atoms with Crippen LogP contribution in [0.3, 0.4) is 0 Å². The Morgan fingerprint density at radius 1 is 1.31 bits per heavy atom. The number of aliphatic imine (C=N–C) groups is 1. The van der Waals surface area contributed by atoms with Crippen LogP contribution in [0, 0.1) is 6.92 Å². The minimum atomic E-state index is 0. The van der Waals surface area contributed by atoms with E-state index >= 15 is 0 Å². The molecule has 29 heavy (non-hydrogen) atoms. The normalized spacial score (nSPS) is 16.5. The second-order valence-corrected chi connectivity index (χ2v) is 7.89. The summed E-state index contributed by atoms with van der Waals surface area (Å²) in [6, 6.07) is 10.3. The van der Waals surface area contributed by atoms with E-state index in [-0.39, 0.29) is 24.0 Å². The molecule has 0 bridgehead atoms. The van der Waals surface area contributed by atoms with E-state index in [1.54, 1.807) is 18.4 Å². The summed E-state index contributed by atoms with van der Waals surface area (Å²) in [5.74, 6) is 0.799. The first kappa shape index (κ1) is 24.0. The highest BCUT2D eigenvalue weighted by molar-refractivity contribution is 14.0. The second kappa shape index (κ2) is 13.1. The first-order valence-electron chi connectivity index (χ1n) is 9.92. The molecule has 1 aromatic heterocycles. The average molecular weight is 530 g/mol. The fourth-order valence-corrected chi connectivity index (χ4v) is 4.06. The van der Waals surface area contributed by atoms with Crippen molar-refractivity contribution in [2.24, 2.45) is 4.99 Å². The largest absolute Gasteiger partial charge is 0.379 e. The Kier molecular flexibility index (Phi) is 10.9. The molecule has 1 atom stereocenters. The smallest absolute Gasteiger partial charge is 0.191 e. The molecule has 2 heterocycles. The quantitative estimate of drug-likeness (QED) is 0.222. The Morgan fingerprint density at radius 3 is 2.86 bits per heavy atom. The van der Waals surface area contributed by atoms with Crippen LogP contribution in [-0.2, 0) is 16.0 Å². The van der Waals surface area contributed by atoms with Gasteiger partial charge in [-0.05, 0) is 26.2 Å². The number of thiazole rings is 1. The van der Waals surface area contributed by atoms with Gasteiger partial charge >= 0.3 is 0 Å². The summed E-state index contributed by atoms with van der Waals surface area (Å²) in [7, 11) is 1.79. The summed E-state index contributed by atoms with van der Waals surface area (Å²) in [5.41, 5.74) is 2.22. The van der Waals surface area contributed by atoms with Crippen molar-refractivity contribution >= 4 is 41.3 Å². The van der Waals surface area contributed by atoms with Gasteiger partial charge in [0.25, 0.3) is 0 Å². The Morgan fingerprint density at radius 2 is 2.14 bits per heavy atom. The Balaban J connectivity index is 0.00000300. The van der Waals surface area contributed by atoms with Crippen LogP contribution in [0.5, 0.6) is 0 Å². The van der Waals surface area contributed by atoms with Gasteiger partial charge < -0.3 is 20.1 Å². The summed E-state index contributed by atoms with van der Waals surface area (Å²) in [6.45, 7) is 5.92. The third-order valence-electron chi connectivity index (χ3n) is 4.64. The van der Waals surface area contributed by atoms with Crippen molar-refractivity contribution in [3.63, 3.8) is 0 Å². The predicted octanol–water partition coefficient (Wildman–Crippen LogP) is 3.99. The van der Waals surface area contributed by atoms with E-state index in [0.29, 0.717) is 19.3 Å². The lowest BCUT2D eigenvalue weighted by Gasteiger charge is -2.12. The number of nitrogens with one attached hydrogen (secondary N) is 2. The highest BCUT2D eigenvalue weighted by Gasteiger charge is 2.15. The Bertz CT molecular complexity index is 748. The fourth-order valence-electron chi connectivity index (χ4n) is 3.05. The van der Waals surface area contributed by atoms with E-state index in [1.807, 2.05) is 18.2 Å². The van der Waals surface area contributed by atoms with Gasteiger partial charge in [-0.25, -0.2) is 4.98 Å². The third kappa shape index (κ3) is 7.84. The fraction of sp³-hybridized carbons (Fsp3) is 0.524. The lowest BCUT2D eigenvalue weighted by atomic mass is 10.2. The van der Waals surface area contributed by atoms with Crippen LogP contribution in [0.2, 0.25) is 0 Å². The number of guanidine groups is 1. The lowest BCUT2D eigenvalue weighted by molar-refractivity contribution is 0.0168. The molecule has 8 heteroatoms. The Hall–Kier alpha value is -1.23. The molecule has 0 radical (unpaired) electrons. The van der Waals surface area contributed by atoms with Crippen molar-refractivity contribution in [3.8, 4) is 10.6 Å². The lowest BCUT2D eigenvalue weighted by Crippen LogP contribution is -2.37. The number of hydrogen-bond donors (Lipinski definition) is 2. The number of rotatable bonds is 9. The summed E-state index contributed by atoms with van der Waals surface area (Å²) >= 11 is 1.72. The van der Waals surface area contributed by atoms with E-state index in [4.69, 9.17) is 14.5 Å². The van der Waals surface area contributed by atoms with Gasteiger partial charge in [-0.1, -0.05) is 30.3 Å². The summed E-state index contributed by atoms with van der Waals surface area (Å²) in [4.78, 5) is 10.2. The molecule has 0 spiro atoms. The minimum Gasteiger partial charge on any atom is -0.379 e. The summed E-state index contributed by atoms with van der Waals surface area (Å²) in [6.07, 6.45) is 3.51. The number of nitrogens with zero attached hydrogens (tertiary/aromatic N) is 2. The van der Waals surface area contributed by atoms with Crippen LogP contribution in [0.1, 0.15) is 29.8 Å². The van der Waals surface area contributed by atoms with Gasteiger partial charge in [-0.15, -0.1) is 35.3 Å². The van der Waals surface area contributed by atoms with E-state index in [0.717, 1.165) is 61.2 Å². The van der Waals surface area contributed by atoms with Crippen LogP contribution in [0.15, 0.2) is 35.3 Å². The van der Waals surface area contributed by atoms with Crippen molar-refractivity contribution in [3.05, 3.63) is 40.9 Å². The van der Waals surface area contributed by atoms with Crippen LogP contribution in [0.25, 0.3) is 10.6 Å². The molecule has 0 aliphatic carbocycles. The Labute approximate surface area is 194 Å². The molecule has 1 fully saturated rings. The van der Waals surface area contributed by atoms with Gasteiger partial charge in [0.2, 0.25) is 0 Å². The maximum Gasteiger partial charge on any atom is 0.191 e. The molecule has 1 unspecified atom stereocenters. The monoisotopic (exact) mass is 530 g/mol. The molecule has 2 aromatic rings. The van der Waals surface area contributed by atoms with Crippen molar-refractivity contribution in [1.29, 1.82) is 0 Å². The highest BCUT2D eigenvalue weighted by atomic mass is 127. The minimum absolute atomic E-state index is 0. The molecule has 1 aliphatic rings. The molecule has 1 saturated heterocycles. The molecular formula is C21H31IN4O2S. The van der Waals surface area contributed by atoms with E-state index in [9.17, 15) is 0 Å². The van der Waals surface area contributed by atoms with Crippen LogP contribution in [-0.4, -0.2) is 50.5 Å². The third-order valence-corrected chi connectivity index (χ3v) is 5.85. The van der Waals surface area contributed by atoms with Gasteiger partial charge in [-0.3, -0.25) is 4.99 Å². The molecule has 1 aromatic carbocycles. The second-order valence-electron chi connectivity index (χ2n) is 6.81. The number of halogens is 1. The number of aromatic nitrogens is 1. The summed E-state index contributed by atoms with van der Waals surface area (Å²) in [5, 5.41) is 7.77. The van der Waals surface area contributed by atoms with Crippen molar-refractivity contribution in [1.82, 2.24) is 15.6 Å². The number of ether oxygens (including phenoxy) is 2. The molecule has 1 aliphatic heterocycles. The van der Waals surface area contributed by atoms with Crippen molar-refractivity contribution in [2.75, 3.05) is 33.4 Å². The molecule has 2 N–H and O–H groups in total. The predicted molar refractivity (Wildman–Crippen MR) is 130 cm³/mol. The van der Waals surface area contributed by atoms with Crippen LogP contribution >= 0.6 is 35.3 Å². The number of aryl methyl sites for hydroxylation is 1. The standard InChI is InChI=1S/C21H30N4O2S.HI/c1-16-19(28-20(25-16)17-8-4-3-5-9-17)14-24-21(22-2)23-11-7-12-26-15-18-10-6-13-27-18;/h3-5,8-9,18H,6-7,10-15H2,1-2H3,(H2,22,23,24);1H. The van der Waals surface area contributed by atoms with Crippen molar-refractivity contribution < 1.29 is 9.47 Å². The molecule has 160 valence electrons. The van der Waals surface area contributed by atoms with E-state index in [2.05, 4.69) is 34.7 Å². The van der Waals surface area contributed by atoms with Gasteiger partial charge in [-0.2, -0.15) is 0 Å². The van der Waals surface area contributed by atoms with Gasteiger partial charge in [0, 0.05) is 37.2 Å².